The lowest BCUT2D eigenvalue weighted by Crippen LogP contribution is -2.61. The lowest BCUT2D eigenvalue weighted by molar-refractivity contribution is -0.384. The third-order valence-corrected chi connectivity index (χ3v) is 3.74. The minimum Gasteiger partial charge on any atom is -0.373 e. The summed E-state index contributed by atoms with van der Waals surface area (Å²) < 4.78 is 75.3. The molecular formula is C11H16F6O. The molecule has 1 fully saturated rings. The zero-order valence-electron chi connectivity index (χ0n) is 9.91. The summed E-state index contributed by atoms with van der Waals surface area (Å²) in [6.45, 7) is 0.819. The van der Waals surface area contributed by atoms with Crippen molar-refractivity contribution in [3.05, 3.63) is 0 Å². The van der Waals surface area contributed by atoms with Crippen LogP contribution in [0, 0.1) is 11.8 Å². The fourth-order valence-electron chi connectivity index (χ4n) is 2.64. The number of alkyl halides is 6. The monoisotopic (exact) mass is 278 g/mol. The first-order valence-electron chi connectivity index (χ1n) is 5.86. The van der Waals surface area contributed by atoms with Gasteiger partial charge in [0, 0.05) is 5.92 Å². The molecule has 1 atom stereocenters. The van der Waals surface area contributed by atoms with Gasteiger partial charge in [0.2, 0.25) is 0 Å². The summed E-state index contributed by atoms with van der Waals surface area (Å²) in [5.41, 5.74) is -4.61. The van der Waals surface area contributed by atoms with Crippen LogP contribution in [-0.2, 0) is 0 Å². The van der Waals surface area contributed by atoms with Gasteiger partial charge in [-0.2, -0.15) is 26.3 Å². The van der Waals surface area contributed by atoms with Crippen LogP contribution in [0.5, 0.6) is 0 Å². The van der Waals surface area contributed by atoms with Crippen LogP contribution in [0.3, 0.4) is 0 Å². The lowest BCUT2D eigenvalue weighted by Gasteiger charge is -2.38. The molecule has 1 aliphatic carbocycles. The highest BCUT2D eigenvalue weighted by molar-refractivity contribution is 4.98. The van der Waals surface area contributed by atoms with E-state index in [1.165, 1.54) is 0 Å². The van der Waals surface area contributed by atoms with Gasteiger partial charge in [0.25, 0.3) is 5.60 Å². The smallest absolute Gasteiger partial charge is 0.373 e. The first kappa shape index (κ1) is 15.6. The van der Waals surface area contributed by atoms with Crippen molar-refractivity contribution in [2.45, 2.75) is 57.0 Å². The Balaban J connectivity index is 2.89. The van der Waals surface area contributed by atoms with Crippen LogP contribution in [0.15, 0.2) is 0 Å². The molecule has 108 valence electrons. The molecule has 0 aromatic heterocycles. The second-order valence-electron chi connectivity index (χ2n) is 5.05. The summed E-state index contributed by atoms with van der Waals surface area (Å²) in [5, 5.41) is 9.16. The standard InChI is InChI=1S/C11H16F6O/c1-7(6-8-4-2-3-5-8)9(18,10(12,13)14)11(15,16)17/h7-8,18H,2-6H2,1H3/t7-/m0/s1. The molecule has 1 saturated carbocycles. The van der Waals surface area contributed by atoms with Crippen LogP contribution >= 0.6 is 0 Å². The molecule has 0 saturated heterocycles. The maximum Gasteiger partial charge on any atom is 0.426 e. The van der Waals surface area contributed by atoms with E-state index in [1.807, 2.05) is 0 Å². The van der Waals surface area contributed by atoms with Crippen molar-refractivity contribution in [3.63, 3.8) is 0 Å². The van der Waals surface area contributed by atoms with Crippen LogP contribution in [0.25, 0.3) is 0 Å². The summed E-state index contributed by atoms with van der Waals surface area (Å²) in [6.07, 6.45) is -8.74. The zero-order chi connectivity index (χ0) is 14.2. The molecule has 7 heteroatoms. The topological polar surface area (TPSA) is 20.2 Å². The Kier molecular flexibility index (Phi) is 4.25. The van der Waals surface area contributed by atoms with Gasteiger partial charge in [0.05, 0.1) is 0 Å². The zero-order valence-corrected chi connectivity index (χ0v) is 9.91. The van der Waals surface area contributed by atoms with Crippen molar-refractivity contribution in [2.75, 3.05) is 0 Å². The van der Waals surface area contributed by atoms with E-state index in [1.54, 1.807) is 0 Å². The summed E-state index contributed by atoms with van der Waals surface area (Å²) >= 11 is 0. The summed E-state index contributed by atoms with van der Waals surface area (Å²) in [4.78, 5) is 0. The molecule has 0 aromatic rings. The number of aliphatic hydroxyl groups is 1. The van der Waals surface area contributed by atoms with Crippen LogP contribution < -0.4 is 0 Å². The predicted molar refractivity (Wildman–Crippen MR) is 52.8 cm³/mol. The molecule has 0 amide bonds. The fourth-order valence-corrected chi connectivity index (χ4v) is 2.64. The predicted octanol–water partition coefficient (Wildman–Crippen LogP) is 4.06. The lowest BCUT2D eigenvalue weighted by atomic mass is 9.80. The molecule has 1 nitrogen and oxygen atoms in total. The van der Waals surface area contributed by atoms with Gasteiger partial charge in [-0.25, -0.2) is 0 Å². The normalized spacial score (nSPS) is 21.3. The molecule has 1 rings (SSSR count). The third kappa shape index (κ3) is 2.75. The number of hydrogen-bond acceptors (Lipinski definition) is 1. The summed E-state index contributed by atoms with van der Waals surface area (Å²) in [6, 6.07) is 0. The third-order valence-electron chi connectivity index (χ3n) is 3.74. The minimum absolute atomic E-state index is 0.156. The molecule has 0 spiro atoms. The molecule has 0 bridgehead atoms. The summed E-state index contributed by atoms with van der Waals surface area (Å²) in [7, 11) is 0. The molecular weight excluding hydrogens is 262 g/mol. The van der Waals surface area contributed by atoms with Crippen molar-refractivity contribution < 1.29 is 31.4 Å². The van der Waals surface area contributed by atoms with Crippen LogP contribution in [-0.4, -0.2) is 23.1 Å². The van der Waals surface area contributed by atoms with Gasteiger partial charge in [-0.15, -0.1) is 0 Å². The Hall–Kier alpha value is -0.460. The molecule has 0 aromatic carbocycles. The van der Waals surface area contributed by atoms with E-state index < -0.39 is 23.9 Å². The molecule has 0 radical (unpaired) electrons. The highest BCUT2D eigenvalue weighted by Gasteiger charge is 2.72. The van der Waals surface area contributed by atoms with Gasteiger partial charge in [-0.05, 0) is 12.3 Å². The van der Waals surface area contributed by atoms with Crippen LogP contribution in [0.2, 0.25) is 0 Å². The average molecular weight is 278 g/mol. The van der Waals surface area contributed by atoms with Gasteiger partial charge in [-0.1, -0.05) is 32.6 Å². The first-order valence-corrected chi connectivity index (χ1v) is 5.86. The molecule has 1 N–H and O–H groups in total. The SMILES string of the molecule is C[C@@H](CC1CCCC1)C(O)(C(F)(F)F)C(F)(F)F. The molecule has 0 unspecified atom stereocenters. The van der Waals surface area contributed by atoms with Crippen molar-refractivity contribution in [2.24, 2.45) is 11.8 Å². The van der Waals surface area contributed by atoms with Crippen molar-refractivity contribution in [3.8, 4) is 0 Å². The van der Waals surface area contributed by atoms with Gasteiger partial charge in [0.1, 0.15) is 0 Å². The van der Waals surface area contributed by atoms with Gasteiger partial charge >= 0.3 is 12.4 Å². The van der Waals surface area contributed by atoms with E-state index in [0.29, 0.717) is 12.8 Å². The Labute approximate surface area is 101 Å². The van der Waals surface area contributed by atoms with E-state index in [2.05, 4.69) is 0 Å². The Bertz CT molecular complexity index is 262. The van der Waals surface area contributed by atoms with E-state index in [9.17, 15) is 26.3 Å². The van der Waals surface area contributed by atoms with E-state index in [4.69, 9.17) is 5.11 Å². The van der Waals surface area contributed by atoms with Crippen LogP contribution in [0.4, 0.5) is 26.3 Å². The van der Waals surface area contributed by atoms with Gasteiger partial charge < -0.3 is 5.11 Å². The fraction of sp³-hybridized carbons (Fsp3) is 1.00. The van der Waals surface area contributed by atoms with Gasteiger partial charge in [0.15, 0.2) is 0 Å². The summed E-state index contributed by atoms with van der Waals surface area (Å²) in [5.74, 6) is -2.04. The maximum absolute atomic E-state index is 12.6. The average Bonchev–Trinajstić information content (AvgIpc) is 2.65. The first-order chi connectivity index (χ1) is 8.00. The highest BCUT2D eigenvalue weighted by atomic mass is 19.4. The molecule has 0 heterocycles. The Morgan fingerprint density at radius 3 is 1.72 bits per heavy atom. The highest BCUT2D eigenvalue weighted by Crippen LogP contribution is 2.50. The number of hydrogen-bond donors (Lipinski definition) is 1. The van der Waals surface area contributed by atoms with Crippen molar-refractivity contribution in [1.82, 2.24) is 0 Å². The van der Waals surface area contributed by atoms with E-state index >= 15 is 0 Å². The second-order valence-corrected chi connectivity index (χ2v) is 5.05. The Morgan fingerprint density at radius 1 is 1.00 bits per heavy atom. The second kappa shape index (κ2) is 4.90. The Morgan fingerprint density at radius 2 is 1.39 bits per heavy atom. The molecule has 1 aliphatic rings. The van der Waals surface area contributed by atoms with E-state index in [0.717, 1.165) is 19.8 Å². The van der Waals surface area contributed by atoms with Crippen LogP contribution in [0.1, 0.15) is 39.0 Å². The van der Waals surface area contributed by atoms with Crippen molar-refractivity contribution in [1.29, 1.82) is 0 Å². The molecule has 0 aliphatic heterocycles. The largest absolute Gasteiger partial charge is 0.426 e. The van der Waals surface area contributed by atoms with Gasteiger partial charge in [-0.3, -0.25) is 0 Å². The van der Waals surface area contributed by atoms with Crippen molar-refractivity contribution >= 4 is 0 Å². The quantitative estimate of drug-likeness (QED) is 0.772. The maximum atomic E-state index is 12.6. The number of rotatable bonds is 3. The molecule has 18 heavy (non-hydrogen) atoms. The number of halogens is 6. The van der Waals surface area contributed by atoms with E-state index in [-0.39, 0.29) is 12.3 Å². The minimum atomic E-state index is -5.71.